The minimum atomic E-state index is 1.07. The van der Waals surface area contributed by atoms with Crippen LogP contribution in [0, 0.1) is 6.42 Å². The minimum Gasteiger partial charge on any atom is -0.241 e. The molecule has 1 heterocycles. The van der Waals surface area contributed by atoms with Gasteiger partial charge in [0, 0.05) is 6.42 Å². The second kappa shape index (κ2) is 3.71. The molecule has 1 aromatic heterocycles. The molecule has 0 atom stereocenters. The number of hydrogen-bond donors (Lipinski definition) is 0. The van der Waals surface area contributed by atoms with Crippen LogP contribution in [0.1, 0.15) is 11.9 Å². The van der Waals surface area contributed by atoms with Gasteiger partial charge in [-0.2, -0.15) is 0 Å². The SMILES string of the molecule is C/C=C/[CH]c1nc2ccccc2s1. The van der Waals surface area contributed by atoms with Crippen molar-refractivity contribution in [2.24, 2.45) is 0 Å². The quantitative estimate of drug-likeness (QED) is 0.703. The first-order valence-corrected chi connectivity index (χ1v) is 5.03. The van der Waals surface area contributed by atoms with E-state index in [-0.39, 0.29) is 0 Å². The fourth-order valence-electron chi connectivity index (χ4n) is 1.14. The van der Waals surface area contributed by atoms with E-state index in [1.54, 1.807) is 11.3 Å². The van der Waals surface area contributed by atoms with Crippen molar-refractivity contribution in [3.63, 3.8) is 0 Å². The summed E-state index contributed by atoms with van der Waals surface area (Å²) in [6.07, 6.45) is 6.05. The van der Waals surface area contributed by atoms with Gasteiger partial charge in [0.15, 0.2) is 0 Å². The molecule has 0 N–H and O–H groups in total. The van der Waals surface area contributed by atoms with Crippen LogP contribution in [0.5, 0.6) is 0 Å². The van der Waals surface area contributed by atoms with Gasteiger partial charge in [-0.15, -0.1) is 11.3 Å². The predicted molar refractivity (Wildman–Crippen MR) is 57.8 cm³/mol. The third kappa shape index (κ3) is 1.78. The summed E-state index contributed by atoms with van der Waals surface area (Å²) in [5, 5.41) is 1.07. The van der Waals surface area contributed by atoms with Crippen LogP contribution >= 0.6 is 11.3 Å². The lowest BCUT2D eigenvalue weighted by molar-refractivity contribution is 1.38. The van der Waals surface area contributed by atoms with Crippen LogP contribution in [0.2, 0.25) is 0 Å². The zero-order chi connectivity index (χ0) is 9.10. The fraction of sp³-hybridized carbons (Fsp3) is 0.0909. The molecule has 0 saturated carbocycles. The molecule has 1 radical (unpaired) electrons. The molecule has 0 aliphatic heterocycles. The first-order chi connectivity index (χ1) is 6.40. The highest BCUT2D eigenvalue weighted by molar-refractivity contribution is 7.18. The first kappa shape index (κ1) is 8.45. The molecule has 0 unspecified atom stereocenters. The van der Waals surface area contributed by atoms with Gasteiger partial charge in [-0.1, -0.05) is 24.3 Å². The average molecular weight is 188 g/mol. The van der Waals surface area contributed by atoms with E-state index in [0.717, 1.165) is 10.5 Å². The van der Waals surface area contributed by atoms with E-state index in [1.165, 1.54) is 4.70 Å². The van der Waals surface area contributed by atoms with Crippen molar-refractivity contribution in [1.82, 2.24) is 4.98 Å². The fourth-order valence-corrected chi connectivity index (χ4v) is 2.02. The van der Waals surface area contributed by atoms with Gasteiger partial charge < -0.3 is 0 Å². The van der Waals surface area contributed by atoms with Gasteiger partial charge in [0.25, 0.3) is 0 Å². The Morgan fingerprint density at radius 1 is 1.31 bits per heavy atom. The molecule has 2 rings (SSSR count). The molecule has 2 heteroatoms. The number of aromatic nitrogens is 1. The van der Waals surface area contributed by atoms with E-state index in [1.807, 2.05) is 43.7 Å². The highest BCUT2D eigenvalue weighted by Crippen LogP contribution is 2.22. The Kier molecular flexibility index (Phi) is 2.41. The average Bonchev–Trinajstić information content (AvgIpc) is 2.57. The molecule has 65 valence electrons. The Bertz CT molecular complexity index is 395. The molecule has 13 heavy (non-hydrogen) atoms. The summed E-state index contributed by atoms with van der Waals surface area (Å²) < 4.78 is 1.25. The van der Waals surface area contributed by atoms with E-state index >= 15 is 0 Å². The Morgan fingerprint density at radius 3 is 2.92 bits per heavy atom. The molecule has 1 nitrogen and oxygen atoms in total. The summed E-state index contributed by atoms with van der Waals surface area (Å²) in [5.41, 5.74) is 1.09. The second-order valence-corrected chi connectivity index (χ2v) is 3.77. The maximum atomic E-state index is 4.46. The molecule has 0 fully saturated rings. The topological polar surface area (TPSA) is 12.9 Å². The lowest BCUT2D eigenvalue weighted by atomic mass is 10.3. The smallest absolute Gasteiger partial charge is 0.102 e. The van der Waals surface area contributed by atoms with Crippen LogP contribution in [-0.2, 0) is 0 Å². The van der Waals surface area contributed by atoms with Crippen LogP contribution in [0.15, 0.2) is 36.4 Å². The van der Waals surface area contributed by atoms with Gasteiger partial charge in [0.1, 0.15) is 5.01 Å². The standard InChI is InChI=1S/C11H10NS/c1-2-3-8-11-12-9-6-4-5-7-10(9)13-11/h2-8H,1H3/b3-2+. The number of allylic oxidation sites excluding steroid dienone is 2. The largest absolute Gasteiger partial charge is 0.241 e. The van der Waals surface area contributed by atoms with Gasteiger partial charge in [0.05, 0.1) is 10.2 Å². The zero-order valence-electron chi connectivity index (χ0n) is 7.40. The van der Waals surface area contributed by atoms with Gasteiger partial charge >= 0.3 is 0 Å². The maximum Gasteiger partial charge on any atom is 0.102 e. The number of rotatable bonds is 2. The van der Waals surface area contributed by atoms with E-state index < -0.39 is 0 Å². The summed E-state index contributed by atoms with van der Waals surface area (Å²) in [6, 6.07) is 8.19. The molecule has 1 aromatic carbocycles. The minimum absolute atomic E-state index is 1.07. The molecule has 0 saturated heterocycles. The number of para-hydroxylation sites is 1. The molecule has 0 aliphatic rings. The number of nitrogens with zero attached hydrogens (tertiary/aromatic N) is 1. The predicted octanol–water partition coefficient (Wildman–Crippen LogP) is 3.42. The van der Waals surface area contributed by atoms with Crippen molar-refractivity contribution >= 4 is 21.6 Å². The van der Waals surface area contributed by atoms with Crippen molar-refractivity contribution in [1.29, 1.82) is 0 Å². The van der Waals surface area contributed by atoms with Crippen LogP contribution < -0.4 is 0 Å². The Balaban J connectivity index is 2.38. The number of fused-ring (bicyclic) bond motifs is 1. The Hall–Kier alpha value is -1.15. The van der Waals surface area contributed by atoms with Crippen LogP contribution in [0.4, 0.5) is 0 Å². The molecular weight excluding hydrogens is 178 g/mol. The summed E-state index contributed by atoms with van der Waals surface area (Å²) in [4.78, 5) is 4.46. The number of hydrogen-bond acceptors (Lipinski definition) is 2. The molecule has 0 spiro atoms. The van der Waals surface area contributed by atoms with Crippen molar-refractivity contribution in [2.45, 2.75) is 6.92 Å². The Labute approximate surface area is 81.7 Å². The second-order valence-electron chi connectivity index (χ2n) is 2.71. The maximum absolute atomic E-state index is 4.46. The first-order valence-electron chi connectivity index (χ1n) is 4.22. The third-order valence-corrected chi connectivity index (χ3v) is 2.74. The highest BCUT2D eigenvalue weighted by Gasteiger charge is 2.00. The summed E-state index contributed by atoms with van der Waals surface area (Å²) in [5.74, 6) is 0. The Morgan fingerprint density at radius 2 is 2.15 bits per heavy atom. The number of thiazole rings is 1. The van der Waals surface area contributed by atoms with Gasteiger partial charge in [0.2, 0.25) is 0 Å². The van der Waals surface area contributed by atoms with Gasteiger partial charge in [-0.3, -0.25) is 0 Å². The lowest BCUT2D eigenvalue weighted by Gasteiger charge is -1.82. The zero-order valence-corrected chi connectivity index (χ0v) is 8.21. The normalized spacial score (nSPS) is 11.5. The van der Waals surface area contributed by atoms with E-state index in [4.69, 9.17) is 0 Å². The molecule has 2 aromatic rings. The van der Waals surface area contributed by atoms with Crippen LogP contribution in [0.25, 0.3) is 10.2 Å². The molecule has 0 aliphatic carbocycles. The van der Waals surface area contributed by atoms with Gasteiger partial charge in [-0.25, -0.2) is 4.98 Å². The molecule has 0 bridgehead atoms. The summed E-state index contributed by atoms with van der Waals surface area (Å²) >= 11 is 1.72. The molecule has 0 amide bonds. The van der Waals surface area contributed by atoms with E-state index in [9.17, 15) is 0 Å². The summed E-state index contributed by atoms with van der Waals surface area (Å²) in [6.45, 7) is 2.00. The molecular formula is C11H10NS. The van der Waals surface area contributed by atoms with Gasteiger partial charge in [-0.05, 0) is 19.1 Å². The van der Waals surface area contributed by atoms with E-state index in [0.29, 0.717) is 0 Å². The lowest BCUT2D eigenvalue weighted by Crippen LogP contribution is -1.72. The van der Waals surface area contributed by atoms with Crippen molar-refractivity contribution in [3.05, 3.63) is 47.8 Å². The van der Waals surface area contributed by atoms with Crippen LogP contribution in [-0.4, -0.2) is 4.98 Å². The number of benzene rings is 1. The van der Waals surface area contributed by atoms with E-state index in [2.05, 4.69) is 11.1 Å². The van der Waals surface area contributed by atoms with Crippen molar-refractivity contribution < 1.29 is 0 Å². The monoisotopic (exact) mass is 188 g/mol. The summed E-state index contributed by atoms with van der Waals surface area (Å²) in [7, 11) is 0. The highest BCUT2D eigenvalue weighted by atomic mass is 32.1. The van der Waals surface area contributed by atoms with Crippen molar-refractivity contribution in [2.75, 3.05) is 0 Å². The third-order valence-electron chi connectivity index (χ3n) is 1.74. The van der Waals surface area contributed by atoms with Crippen LogP contribution in [0.3, 0.4) is 0 Å². The van der Waals surface area contributed by atoms with Crippen molar-refractivity contribution in [3.8, 4) is 0 Å².